The van der Waals surface area contributed by atoms with Crippen LogP contribution in [-0.2, 0) is 4.74 Å². The summed E-state index contributed by atoms with van der Waals surface area (Å²) < 4.78 is 42.7. The van der Waals surface area contributed by atoms with Crippen LogP contribution in [0.2, 0.25) is 0 Å². The number of rotatable bonds is 5. The van der Waals surface area contributed by atoms with E-state index in [0.29, 0.717) is 38.1 Å². The molecule has 21 heavy (non-hydrogen) atoms. The van der Waals surface area contributed by atoms with Crippen molar-refractivity contribution in [3.63, 3.8) is 0 Å². The Balaban J connectivity index is 1.74. The van der Waals surface area contributed by atoms with Crippen LogP contribution in [0.3, 0.4) is 0 Å². The highest BCUT2D eigenvalue weighted by Gasteiger charge is 2.33. The van der Waals surface area contributed by atoms with Gasteiger partial charge in [0.2, 0.25) is 0 Å². The van der Waals surface area contributed by atoms with Gasteiger partial charge in [-0.05, 0) is 13.0 Å². The average Bonchev–Trinajstić information content (AvgIpc) is 2.42. The van der Waals surface area contributed by atoms with Gasteiger partial charge in [0.1, 0.15) is 0 Å². The van der Waals surface area contributed by atoms with Crippen molar-refractivity contribution in [3.05, 3.63) is 0 Å². The lowest BCUT2D eigenvalue weighted by atomic mass is 9.95. The zero-order valence-corrected chi connectivity index (χ0v) is 12.7. The largest absolute Gasteiger partial charge is 0.401 e. The van der Waals surface area contributed by atoms with Gasteiger partial charge in [-0.25, -0.2) is 0 Å². The molecule has 2 fully saturated rings. The summed E-state index contributed by atoms with van der Waals surface area (Å²) in [5, 5.41) is 3.50. The monoisotopic (exact) mass is 309 g/mol. The van der Waals surface area contributed by atoms with E-state index in [4.69, 9.17) is 4.74 Å². The minimum Gasteiger partial charge on any atom is -0.381 e. The first-order valence-corrected chi connectivity index (χ1v) is 7.80. The summed E-state index contributed by atoms with van der Waals surface area (Å²) in [5.41, 5.74) is 0. The molecule has 0 aromatic rings. The summed E-state index contributed by atoms with van der Waals surface area (Å²) in [5.74, 6) is 0.438. The van der Waals surface area contributed by atoms with Gasteiger partial charge in [-0.2, -0.15) is 13.2 Å². The molecule has 0 saturated carbocycles. The van der Waals surface area contributed by atoms with Crippen molar-refractivity contribution >= 4 is 0 Å². The fourth-order valence-corrected chi connectivity index (χ4v) is 3.22. The van der Waals surface area contributed by atoms with Crippen LogP contribution in [0.15, 0.2) is 0 Å². The molecule has 2 aliphatic heterocycles. The molecule has 2 unspecified atom stereocenters. The van der Waals surface area contributed by atoms with Crippen LogP contribution < -0.4 is 5.32 Å². The number of hydrogen-bond acceptors (Lipinski definition) is 4. The highest BCUT2D eigenvalue weighted by atomic mass is 19.4. The topological polar surface area (TPSA) is 27.7 Å². The van der Waals surface area contributed by atoms with E-state index in [-0.39, 0.29) is 0 Å². The number of halogens is 3. The van der Waals surface area contributed by atoms with Gasteiger partial charge in [-0.1, -0.05) is 6.92 Å². The van der Waals surface area contributed by atoms with Gasteiger partial charge in [0.25, 0.3) is 0 Å². The molecule has 0 bridgehead atoms. The number of alkyl halides is 3. The van der Waals surface area contributed by atoms with Crippen molar-refractivity contribution in [1.82, 2.24) is 15.1 Å². The van der Waals surface area contributed by atoms with E-state index in [9.17, 15) is 13.2 Å². The molecule has 2 rings (SSSR count). The molecule has 2 atom stereocenters. The number of nitrogens with one attached hydrogen (secondary N) is 1. The van der Waals surface area contributed by atoms with E-state index in [1.165, 1.54) is 4.90 Å². The van der Waals surface area contributed by atoms with Crippen LogP contribution in [0.1, 0.15) is 13.3 Å². The summed E-state index contributed by atoms with van der Waals surface area (Å²) in [6, 6.07) is 0.469. The minimum atomic E-state index is -4.09. The zero-order valence-electron chi connectivity index (χ0n) is 12.7. The standard InChI is InChI=1S/C14H26F3N3O/c1-2-18-13-3-8-21-10-12(13)9-19-4-6-20(7-5-19)11-14(15,16)17/h12-13,18H,2-11H2,1H3. The van der Waals surface area contributed by atoms with Crippen LogP contribution in [0.25, 0.3) is 0 Å². The van der Waals surface area contributed by atoms with E-state index in [1.54, 1.807) is 0 Å². The molecule has 2 heterocycles. The predicted molar refractivity (Wildman–Crippen MR) is 75.3 cm³/mol. The summed E-state index contributed by atoms with van der Waals surface area (Å²) in [7, 11) is 0. The highest BCUT2D eigenvalue weighted by Crippen LogP contribution is 2.20. The van der Waals surface area contributed by atoms with Gasteiger partial charge in [-0.15, -0.1) is 0 Å². The van der Waals surface area contributed by atoms with Gasteiger partial charge in [-0.3, -0.25) is 4.90 Å². The average molecular weight is 309 g/mol. The Hall–Kier alpha value is -0.370. The Bertz CT molecular complexity index is 304. The fourth-order valence-electron chi connectivity index (χ4n) is 3.22. The SMILES string of the molecule is CCNC1CCOCC1CN1CCN(CC(F)(F)F)CC1. The molecule has 0 amide bonds. The molecule has 0 radical (unpaired) electrons. The second-order valence-corrected chi connectivity index (χ2v) is 5.98. The number of piperazine rings is 1. The lowest BCUT2D eigenvalue weighted by Crippen LogP contribution is -2.53. The van der Waals surface area contributed by atoms with E-state index >= 15 is 0 Å². The van der Waals surface area contributed by atoms with Crippen molar-refractivity contribution in [2.24, 2.45) is 5.92 Å². The van der Waals surface area contributed by atoms with Crippen LogP contribution in [0.4, 0.5) is 13.2 Å². The van der Waals surface area contributed by atoms with Crippen LogP contribution >= 0.6 is 0 Å². The van der Waals surface area contributed by atoms with Gasteiger partial charge >= 0.3 is 6.18 Å². The third kappa shape index (κ3) is 5.73. The zero-order chi connectivity index (χ0) is 15.3. The maximum atomic E-state index is 12.4. The van der Waals surface area contributed by atoms with E-state index < -0.39 is 12.7 Å². The van der Waals surface area contributed by atoms with Crippen LogP contribution in [0, 0.1) is 5.92 Å². The molecule has 2 aliphatic rings. The van der Waals surface area contributed by atoms with Crippen molar-refractivity contribution < 1.29 is 17.9 Å². The highest BCUT2D eigenvalue weighted by molar-refractivity contribution is 4.84. The van der Waals surface area contributed by atoms with Gasteiger partial charge in [0, 0.05) is 51.3 Å². The Kier molecular flexibility index (Phi) is 6.28. The van der Waals surface area contributed by atoms with E-state index in [1.807, 2.05) is 0 Å². The summed E-state index contributed by atoms with van der Waals surface area (Å²) in [6.45, 7) is 7.15. The molecular formula is C14H26F3N3O. The summed E-state index contributed by atoms with van der Waals surface area (Å²) >= 11 is 0. The van der Waals surface area contributed by atoms with Gasteiger partial charge in [0.15, 0.2) is 0 Å². The molecule has 1 N–H and O–H groups in total. The molecule has 4 nitrogen and oxygen atoms in total. The second kappa shape index (κ2) is 7.76. The summed E-state index contributed by atoms with van der Waals surface area (Å²) in [6.07, 6.45) is -3.07. The Labute approximate surface area is 124 Å². The van der Waals surface area contributed by atoms with Crippen molar-refractivity contribution in [1.29, 1.82) is 0 Å². The third-order valence-electron chi connectivity index (χ3n) is 4.30. The molecular weight excluding hydrogens is 283 g/mol. The molecule has 0 aromatic carbocycles. The van der Waals surface area contributed by atoms with Crippen molar-refractivity contribution in [2.45, 2.75) is 25.6 Å². The summed E-state index contributed by atoms with van der Waals surface area (Å²) in [4.78, 5) is 3.77. The molecule has 7 heteroatoms. The molecule has 2 saturated heterocycles. The van der Waals surface area contributed by atoms with E-state index in [2.05, 4.69) is 17.1 Å². The predicted octanol–water partition coefficient (Wildman–Crippen LogP) is 1.18. The second-order valence-electron chi connectivity index (χ2n) is 5.98. The Morgan fingerprint density at radius 3 is 2.43 bits per heavy atom. The molecule has 0 aromatic heterocycles. The number of hydrogen-bond donors (Lipinski definition) is 1. The molecule has 0 aliphatic carbocycles. The van der Waals surface area contributed by atoms with Crippen molar-refractivity contribution in [2.75, 3.05) is 59.0 Å². The van der Waals surface area contributed by atoms with Crippen LogP contribution in [0.5, 0.6) is 0 Å². The lowest BCUT2D eigenvalue weighted by Gasteiger charge is -2.39. The quantitative estimate of drug-likeness (QED) is 0.825. The smallest absolute Gasteiger partial charge is 0.381 e. The lowest BCUT2D eigenvalue weighted by molar-refractivity contribution is -0.149. The first kappa shape index (κ1) is 17.0. The van der Waals surface area contributed by atoms with Gasteiger partial charge in [0.05, 0.1) is 13.2 Å². The fraction of sp³-hybridized carbons (Fsp3) is 1.00. The normalized spacial score (nSPS) is 29.7. The maximum Gasteiger partial charge on any atom is 0.401 e. The molecule has 0 spiro atoms. The van der Waals surface area contributed by atoms with Crippen LogP contribution in [-0.4, -0.2) is 81.0 Å². The minimum absolute atomic E-state index is 0.438. The number of ether oxygens (including phenoxy) is 1. The Morgan fingerprint density at radius 1 is 1.14 bits per heavy atom. The third-order valence-corrected chi connectivity index (χ3v) is 4.30. The van der Waals surface area contributed by atoms with Gasteiger partial charge < -0.3 is 15.0 Å². The first-order valence-electron chi connectivity index (χ1n) is 7.80. The molecule has 124 valence electrons. The van der Waals surface area contributed by atoms with E-state index in [0.717, 1.165) is 32.7 Å². The number of nitrogens with zero attached hydrogens (tertiary/aromatic N) is 2. The Morgan fingerprint density at radius 2 is 1.81 bits per heavy atom. The van der Waals surface area contributed by atoms with Crippen molar-refractivity contribution in [3.8, 4) is 0 Å². The maximum absolute atomic E-state index is 12.4. The first-order chi connectivity index (χ1) is 9.98.